The van der Waals surface area contributed by atoms with E-state index in [1.54, 1.807) is 0 Å². The van der Waals surface area contributed by atoms with E-state index in [1.165, 1.54) is 0 Å². The van der Waals surface area contributed by atoms with Gasteiger partial charge in [0, 0.05) is 30.6 Å². The second kappa shape index (κ2) is 8.32. The van der Waals surface area contributed by atoms with Gasteiger partial charge in [-0.1, -0.05) is 48.5 Å². The fourth-order valence-electron chi connectivity index (χ4n) is 3.91. The third-order valence-electron chi connectivity index (χ3n) is 5.31. The summed E-state index contributed by atoms with van der Waals surface area (Å²) in [7, 11) is 0. The number of benzene rings is 3. The number of fused-ring (bicyclic) bond motifs is 2. The fraction of sp³-hybridized carbons (Fsp3) is 0.217. The van der Waals surface area contributed by atoms with Gasteiger partial charge in [0.25, 0.3) is 0 Å². The summed E-state index contributed by atoms with van der Waals surface area (Å²) in [4.78, 5) is 8.74. The van der Waals surface area contributed by atoms with Crippen molar-refractivity contribution in [1.29, 1.82) is 0 Å². The van der Waals surface area contributed by atoms with Crippen LogP contribution >= 0.6 is 0 Å². The maximum Gasteiger partial charge on any atom is 0.212 e. The van der Waals surface area contributed by atoms with E-state index < -0.39 is 0 Å². The van der Waals surface area contributed by atoms with E-state index in [9.17, 15) is 0 Å². The summed E-state index contributed by atoms with van der Waals surface area (Å²) in [5.74, 6) is 1.67. The number of nitrogens with zero attached hydrogens (tertiary/aromatic N) is 4. The van der Waals surface area contributed by atoms with Crippen LogP contribution in [0.25, 0.3) is 21.5 Å². The molecule has 3 aromatic rings. The van der Waals surface area contributed by atoms with Crippen molar-refractivity contribution in [1.82, 2.24) is 16.2 Å². The third-order valence-corrected chi connectivity index (χ3v) is 5.31. The highest BCUT2D eigenvalue weighted by Gasteiger charge is 2.12. The zero-order chi connectivity index (χ0) is 20.2. The molecule has 7 nitrogen and oxygen atoms in total. The van der Waals surface area contributed by atoms with E-state index in [0.717, 1.165) is 71.0 Å². The highest BCUT2D eigenvalue weighted by molar-refractivity contribution is 6.21. The molecular weight excluding hydrogens is 374 g/mol. The van der Waals surface area contributed by atoms with Crippen molar-refractivity contribution in [2.75, 3.05) is 19.6 Å². The van der Waals surface area contributed by atoms with Gasteiger partial charge in [0.15, 0.2) is 0 Å². The largest absolute Gasteiger partial charge is 0.353 e. The molecule has 0 aromatic heterocycles. The molecule has 0 aliphatic carbocycles. The molecule has 0 atom stereocenters. The van der Waals surface area contributed by atoms with Crippen LogP contribution in [0.5, 0.6) is 0 Å². The summed E-state index contributed by atoms with van der Waals surface area (Å²) < 4.78 is 0. The molecule has 2 aliphatic rings. The minimum Gasteiger partial charge on any atom is -0.353 e. The van der Waals surface area contributed by atoms with Gasteiger partial charge >= 0.3 is 0 Å². The molecule has 0 saturated heterocycles. The van der Waals surface area contributed by atoms with Gasteiger partial charge in [0.1, 0.15) is 5.84 Å². The van der Waals surface area contributed by atoms with Gasteiger partial charge in [0.2, 0.25) is 5.96 Å². The first-order valence-electron chi connectivity index (χ1n) is 10.2. The number of rotatable bonds is 4. The summed E-state index contributed by atoms with van der Waals surface area (Å²) in [5, 5.41) is 16.6. The average molecular weight is 397 g/mol. The van der Waals surface area contributed by atoms with Crippen LogP contribution < -0.4 is 16.2 Å². The van der Waals surface area contributed by atoms with Crippen molar-refractivity contribution < 1.29 is 0 Å². The summed E-state index contributed by atoms with van der Waals surface area (Å²) in [6.07, 6.45) is 5.83. The van der Waals surface area contributed by atoms with Gasteiger partial charge < -0.3 is 5.32 Å². The Morgan fingerprint density at radius 2 is 1.37 bits per heavy atom. The third kappa shape index (κ3) is 3.61. The lowest BCUT2D eigenvalue weighted by Gasteiger charge is -2.12. The molecular formula is C23H23N7. The second-order valence-electron chi connectivity index (χ2n) is 7.25. The number of amidine groups is 1. The summed E-state index contributed by atoms with van der Waals surface area (Å²) in [6, 6.07) is 16.7. The number of hydrogen-bond donors (Lipinski definition) is 3. The standard InChI is InChI=1S/C23H23N7/c1-3-8-18-16(6-1)20(14-27-29-22-10-5-11-24-22)17-7-2-4-9-19(17)21(18)15-28-30-23-25-12-13-26-23/h1-4,6-9,14-15H,5,10-13H2,(H,24,29)(H2,25,26,30)/b27-14+,28-15+. The van der Waals surface area contributed by atoms with Crippen molar-refractivity contribution in [3.8, 4) is 0 Å². The lowest BCUT2D eigenvalue weighted by molar-refractivity contribution is 0.920. The number of aliphatic imine (C=N–C) groups is 2. The molecule has 5 rings (SSSR count). The van der Waals surface area contributed by atoms with E-state index >= 15 is 0 Å². The normalized spacial score (nSPS) is 16.4. The first kappa shape index (κ1) is 18.3. The Balaban J connectivity index is 1.58. The SMILES string of the molecule is C(=N\NC1=NCCC1)/c1c2ccccc2c(/C=N/NC2=NCCN2)c2ccccc12. The van der Waals surface area contributed by atoms with Crippen molar-refractivity contribution in [2.24, 2.45) is 20.2 Å². The van der Waals surface area contributed by atoms with Crippen molar-refractivity contribution in [3.05, 3.63) is 59.7 Å². The smallest absolute Gasteiger partial charge is 0.212 e. The Labute approximate surface area is 174 Å². The van der Waals surface area contributed by atoms with Crippen LogP contribution in [0.2, 0.25) is 0 Å². The number of hydrazone groups is 2. The van der Waals surface area contributed by atoms with E-state index in [0.29, 0.717) is 5.96 Å². The topological polar surface area (TPSA) is 85.5 Å². The van der Waals surface area contributed by atoms with Gasteiger partial charge in [-0.25, -0.2) is 10.4 Å². The van der Waals surface area contributed by atoms with Crippen molar-refractivity contribution in [3.63, 3.8) is 0 Å². The van der Waals surface area contributed by atoms with Crippen molar-refractivity contribution >= 4 is 45.8 Å². The highest BCUT2D eigenvalue weighted by atomic mass is 15.4. The second-order valence-corrected chi connectivity index (χ2v) is 7.25. The zero-order valence-electron chi connectivity index (χ0n) is 16.6. The monoisotopic (exact) mass is 397 g/mol. The summed E-state index contributed by atoms with van der Waals surface area (Å²) in [6.45, 7) is 2.50. The quantitative estimate of drug-likeness (QED) is 0.359. The highest BCUT2D eigenvalue weighted by Crippen LogP contribution is 2.31. The Morgan fingerprint density at radius 1 is 0.767 bits per heavy atom. The summed E-state index contributed by atoms with van der Waals surface area (Å²) in [5.41, 5.74) is 8.25. The predicted molar refractivity (Wildman–Crippen MR) is 125 cm³/mol. The first-order valence-corrected chi connectivity index (χ1v) is 10.2. The molecule has 0 fully saturated rings. The maximum atomic E-state index is 4.49. The van der Waals surface area contributed by atoms with Gasteiger partial charge in [-0.2, -0.15) is 10.2 Å². The number of hydrogen-bond acceptors (Lipinski definition) is 7. The molecule has 0 radical (unpaired) electrons. The molecule has 3 N–H and O–H groups in total. The van der Waals surface area contributed by atoms with Crippen LogP contribution in [0.1, 0.15) is 24.0 Å². The van der Waals surface area contributed by atoms with Gasteiger partial charge in [-0.3, -0.25) is 10.4 Å². The van der Waals surface area contributed by atoms with Crippen LogP contribution in [0.4, 0.5) is 0 Å². The molecule has 2 aliphatic heterocycles. The van der Waals surface area contributed by atoms with Crippen LogP contribution in [0.3, 0.4) is 0 Å². The molecule has 0 amide bonds. The molecule has 3 aromatic carbocycles. The van der Waals surface area contributed by atoms with E-state index in [4.69, 9.17) is 0 Å². The van der Waals surface area contributed by atoms with Crippen LogP contribution in [0, 0.1) is 0 Å². The minimum atomic E-state index is 0.713. The first-order chi connectivity index (χ1) is 14.9. The Kier molecular flexibility index (Phi) is 5.08. The van der Waals surface area contributed by atoms with Crippen LogP contribution in [-0.4, -0.2) is 43.9 Å². The van der Waals surface area contributed by atoms with Crippen molar-refractivity contribution in [2.45, 2.75) is 12.8 Å². The van der Waals surface area contributed by atoms with Crippen LogP contribution in [0.15, 0.2) is 68.7 Å². The lowest BCUT2D eigenvalue weighted by atomic mass is 9.92. The lowest BCUT2D eigenvalue weighted by Crippen LogP contribution is -2.30. The van der Waals surface area contributed by atoms with Gasteiger partial charge in [-0.15, -0.1) is 0 Å². The molecule has 150 valence electrons. The summed E-state index contributed by atoms with van der Waals surface area (Å²) >= 11 is 0. The molecule has 7 heteroatoms. The number of nitrogens with one attached hydrogen (secondary N) is 3. The molecule has 30 heavy (non-hydrogen) atoms. The van der Waals surface area contributed by atoms with E-state index in [1.807, 2.05) is 12.4 Å². The Bertz CT molecular complexity index is 1060. The maximum absolute atomic E-state index is 4.49. The van der Waals surface area contributed by atoms with E-state index in [2.05, 4.69) is 84.9 Å². The Hall–Kier alpha value is -3.74. The fourth-order valence-corrected chi connectivity index (χ4v) is 3.91. The Morgan fingerprint density at radius 3 is 1.87 bits per heavy atom. The minimum absolute atomic E-state index is 0.713. The molecule has 0 unspecified atom stereocenters. The molecule has 0 spiro atoms. The van der Waals surface area contributed by atoms with E-state index in [-0.39, 0.29) is 0 Å². The zero-order valence-corrected chi connectivity index (χ0v) is 16.6. The van der Waals surface area contributed by atoms with Gasteiger partial charge in [-0.05, 0) is 28.0 Å². The van der Waals surface area contributed by atoms with Crippen LogP contribution in [-0.2, 0) is 0 Å². The van der Waals surface area contributed by atoms with Gasteiger partial charge in [0.05, 0.1) is 19.0 Å². The predicted octanol–water partition coefficient (Wildman–Crippen LogP) is 2.99. The average Bonchev–Trinajstić information content (AvgIpc) is 3.49. The number of guanidine groups is 1. The molecule has 0 saturated carbocycles. The molecule has 2 heterocycles. The molecule has 0 bridgehead atoms.